The third-order valence-corrected chi connectivity index (χ3v) is 8.21. The smallest absolute Gasteiger partial charge is 0.251 e. The lowest BCUT2D eigenvalue weighted by atomic mass is 10.1. The summed E-state index contributed by atoms with van der Waals surface area (Å²) in [7, 11) is -1.63. The molecule has 2 aliphatic rings. The first-order valence-electron chi connectivity index (χ1n) is 11.9. The summed E-state index contributed by atoms with van der Waals surface area (Å²) in [5, 5.41) is 2.52. The quantitative estimate of drug-likeness (QED) is 0.452. The van der Waals surface area contributed by atoms with Crippen LogP contribution in [-0.4, -0.2) is 60.8 Å². The van der Waals surface area contributed by atoms with Crippen LogP contribution in [0, 0.1) is 0 Å². The normalized spacial score (nSPS) is 17.7. The number of hydrogen-bond acceptors (Lipinski definition) is 8. The molecule has 1 aromatic carbocycles. The highest BCUT2D eigenvalue weighted by Gasteiger charge is 2.35. The Bertz CT molecular complexity index is 1340. The van der Waals surface area contributed by atoms with E-state index in [1.54, 1.807) is 43.8 Å². The fraction of sp³-hybridized carbons (Fsp3) is 0.360. The van der Waals surface area contributed by atoms with E-state index in [-0.39, 0.29) is 23.8 Å². The van der Waals surface area contributed by atoms with Crippen molar-refractivity contribution in [1.82, 2.24) is 20.3 Å². The van der Waals surface area contributed by atoms with Crippen molar-refractivity contribution in [3.63, 3.8) is 0 Å². The highest BCUT2D eigenvalue weighted by molar-refractivity contribution is 7.93. The number of anilines is 2. The lowest BCUT2D eigenvalue weighted by molar-refractivity contribution is 0.0950. The summed E-state index contributed by atoms with van der Waals surface area (Å²) < 4.78 is 32.3. The molecule has 2 fully saturated rings. The van der Waals surface area contributed by atoms with Gasteiger partial charge in [-0.15, -0.1) is 0 Å². The monoisotopic (exact) mass is 508 g/mol. The molecule has 1 amide bonds. The third kappa shape index (κ3) is 5.63. The Kier molecular flexibility index (Phi) is 6.84. The topological polar surface area (TPSA) is 126 Å². The van der Waals surface area contributed by atoms with E-state index in [0.29, 0.717) is 29.8 Å². The Labute approximate surface area is 210 Å². The van der Waals surface area contributed by atoms with E-state index in [2.05, 4.69) is 24.9 Å². The largest absolute Gasteiger partial charge is 0.380 e. The first kappa shape index (κ1) is 24.1. The molecule has 188 valence electrons. The molecule has 0 bridgehead atoms. The fourth-order valence-corrected chi connectivity index (χ4v) is 5.48. The number of hydrogen-bond donors (Lipinski definition) is 2. The number of rotatable bonds is 9. The number of nitrogens with one attached hydrogen (secondary N) is 2. The predicted octanol–water partition coefficient (Wildman–Crippen LogP) is 2.60. The van der Waals surface area contributed by atoms with Crippen molar-refractivity contribution in [2.45, 2.75) is 37.2 Å². The van der Waals surface area contributed by atoms with Crippen molar-refractivity contribution in [2.24, 2.45) is 0 Å². The van der Waals surface area contributed by atoms with Crippen molar-refractivity contribution < 1.29 is 17.9 Å². The molecular formula is C25H28N6O4S. The zero-order valence-electron chi connectivity index (χ0n) is 19.9. The number of methoxy groups -OCH3 is 1. The van der Waals surface area contributed by atoms with Crippen LogP contribution in [0.4, 0.5) is 11.5 Å². The minimum Gasteiger partial charge on any atom is -0.380 e. The van der Waals surface area contributed by atoms with Crippen molar-refractivity contribution >= 4 is 27.4 Å². The molecule has 0 radical (unpaired) electrons. The van der Waals surface area contributed by atoms with Crippen LogP contribution >= 0.6 is 0 Å². The van der Waals surface area contributed by atoms with Crippen molar-refractivity contribution in [3.05, 3.63) is 66.2 Å². The molecule has 2 aromatic heterocycles. The molecule has 1 atom stereocenters. The van der Waals surface area contributed by atoms with Gasteiger partial charge in [0.05, 0.1) is 47.4 Å². The molecule has 10 nitrogen and oxygen atoms in total. The third-order valence-electron chi connectivity index (χ3n) is 6.34. The van der Waals surface area contributed by atoms with Crippen LogP contribution in [0.1, 0.15) is 35.3 Å². The first-order valence-corrected chi connectivity index (χ1v) is 13.4. The maximum absolute atomic E-state index is 12.7. The number of pyridine rings is 1. The van der Waals surface area contributed by atoms with Gasteiger partial charge < -0.3 is 15.0 Å². The number of benzene rings is 1. The van der Waals surface area contributed by atoms with Crippen molar-refractivity contribution in [3.8, 4) is 11.3 Å². The maximum atomic E-state index is 12.7. The van der Waals surface area contributed by atoms with Gasteiger partial charge in [0.25, 0.3) is 5.91 Å². The zero-order valence-corrected chi connectivity index (χ0v) is 20.7. The van der Waals surface area contributed by atoms with Gasteiger partial charge in [-0.3, -0.25) is 19.5 Å². The van der Waals surface area contributed by atoms with E-state index < -0.39 is 10.0 Å². The van der Waals surface area contributed by atoms with Gasteiger partial charge in [-0.2, -0.15) is 0 Å². The average Bonchev–Trinajstić information content (AvgIpc) is 3.66. The van der Waals surface area contributed by atoms with Crippen LogP contribution in [0.25, 0.3) is 11.3 Å². The van der Waals surface area contributed by atoms with Gasteiger partial charge in [0, 0.05) is 37.5 Å². The highest BCUT2D eigenvalue weighted by atomic mass is 32.2. The van der Waals surface area contributed by atoms with Crippen LogP contribution in [-0.2, 0) is 21.3 Å². The number of amides is 1. The number of nitrogens with zero attached hydrogens (tertiary/aromatic N) is 4. The SMILES string of the molecule is CO[C@H]1CCN(c2cncc(-c3ccc(C(=O)NCc4cc(NS(=O)(=O)C5CC5)ccn4)cc3)n2)C1. The highest BCUT2D eigenvalue weighted by Crippen LogP contribution is 2.29. The second-order valence-corrected chi connectivity index (χ2v) is 11.0. The zero-order chi connectivity index (χ0) is 25.1. The van der Waals surface area contributed by atoms with Gasteiger partial charge in [0.1, 0.15) is 5.82 Å². The second-order valence-electron chi connectivity index (χ2n) is 9.00. The first-order chi connectivity index (χ1) is 17.4. The summed E-state index contributed by atoms with van der Waals surface area (Å²) in [5.41, 5.74) is 3.09. The number of sulfonamides is 1. The molecule has 3 heterocycles. The van der Waals surface area contributed by atoms with Gasteiger partial charge in [0.2, 0.25) is 10.0 Å². The molecule has 1 saturated carbocycles. The lowest BCUT2D eigenvalue weighted by Gasteiger charge is -2.17. The van der Waals surface area contributed by atoms with E-state index in [0.717, 1.165) is 36.6 Å². The average molecular weight is 509 g/mol. The van der Waals surface area contributed by atoms with Gasteiger partial charge in [0.15, 0.2) is 0 Å². The van der Waals surface area contributed by atoms with Crippen LogP contribution in [0.3, 0.4) is 0 Å². The Balaban J connectivity index is 1.20. The Morgan fingerprint density at radius 2 is 1.94 bits per heavy atom. The Morgan fingerprint density at radius 1 is 1.14 bits per heavy atom. The molecule has 3 aromatic rings. The summed E-state index contributed by atoms with van der Waals surface area (Å²) in [4.78, 5) is 28.1. The minimum absolute atomic E-state index is 0.172. The molecule has 5 rings (SSSR count). The van der Waals surface area contributed by atoms with Gasteiger partial charge in [-0.05, 0) is 43.5 Å². The summed E-state index contributed by atoms with van der Waals surface area (Å²) in [6.07, 6.45) is 7.52. The molecule has 1 saturated heterocycles. The number of ether oxygens (including phenoxy) is 1. The summed E-state index contributed by atoms with van der Waals surface area (Å²) >= 11 is 0. The van der Waals surface area contributed by atoms with Gasteiger partial charge in [-0.1, -0.05) is 12.1 Å². The van der Waals surface area contributed by atoms with Crippen LogP contribution in [0.5, 0.6) is 0 Å². The molecule has 0 spiro atoms. The summed E-state index contributed by atoms with van der Waals surface area (Å²) in [5.74, 6) is 0.554. The van der Waals surface area contributed by atoms with E-state index in [4.69, 9.17) is 9.72 Å². The Morgan fingerprint density at radius 3 is 2.67 bits per heavy atom. The second kappa shape index (κ2) is 10.2. The molecule has 36 heavy (non-hydrogen) atoms. The number of carbonyl (C=O) groups is 1. The summed E-state index contributed by atoms with van der Waals surface area (Å²) in [6.45, 7) is 1.84. The van der Waals surface area contributed by atoms with Gasteiger partial charge >= 0.3 is 0 Å². The number of carbonyl (C=O) groups excluding carboxylic acids is 1. The molecule has 0 unspecified atom stereocenters. The van der Waals surface area contributed by atoms with E-state index in [1.165, 1.54) is 6.20 Å². The molecule has 2 N–H and O–H groups in total. The van der Waals surface area contributed by atoms with Crippen molar-refractivity contribution in [2.75, 3.05) is 29.8 Å². The van der Waals surface area contributed by atoms with Crippen molar-refractivity contribution in [1.29, 1.82) is 0 Å². The minimum atomic E-state index is -3.35. The number of aromatic nitrogens is 3. The summed E-state index contributed by atoms with van der Waals surface area (Å²) in [6, 6.07) is 10.4. The predicted molar refractivity (Wildman–Crippen MR) is 136 cm³/mol. The standard InChI is InChI=1S/C25H28N6O4S/c1-35-21-9-11-31(16-21)24-15-26-14-23(29-24)17-2-4-18(5-3-17)25(32)28-13-20-12-19(8-10-27-20)30-36(33,34)22-6-7-22/h2-5,8,10,12,14-15,21-22H,6-7,9,11,13,16H2,1H3,(H,27,30)(H,28,32)/t21-/m0/s1. The van der Waals surface area contributed by atoms with E-state index in [9.17, 15) is 13.2 Å². The fourth-order valence-electron chi connectivity index (χ4n) is 4.11. The van der Waals surface area contributed by atoms with Gasteiger partial charge in [-0.25, -0.2) is 13.4 Å². The van der Waals surface area contributed by atoms with Crippen LogP contribution < -0.4 is 14.9 Å². The Hall–Kier alpha value is -3.57. The maximum Gasteiger partial charge on any atom is 0.251 e. The molecule has 1 aliphatic heterocycles. The molecular weight excluding hydrogens is 480 g/mol. The molecule has 11 heteroatoms. The van der Waals surface area contributed by atoms with Crippen LogP contribution in [0.15, 0.2) is 55.0 Å². The van der Waals surface area contributed by atoms with E-state index in [1.807, 2.05) is 12.1 Å². The van der Waals surface area contributed by atoms with E-state index >= 15 is 0 Å². The lowest BCUT2D eigenvalue weighted by Crippen LogP contribution is -2.23. The van der Waals surface area contributed by atoms with Crippen LogP contribution in [0.2, 0.25) is 0 Å². The molecule has 1 aliphatic carbocycles.